The highest BCUT2D eigenvalue weighted by molar-refractivity contribution is 6.30. The zero-order valence-corrected chi connectivity index (χ0v) is 26.0. The number of hydrogen-bond donors (Lipinski definition) is 0. The molecule has 3 aromatic rings. The number of rotatable bonds is 9. The third-order valence-corrected chi connectivity index (χ3v) is 8.48. The molecule has 0 aliphatic carbocycles. The van der Waals surface area contributed by atoms with Crippen LogP contribution in [0.1, 0.15) is 53.2 Å². The van der Waals surface area contributed by atoms with Crippen LogP contribution in [0.5, 0.6) is 0 Å². The van der Waals surface area contributed by atoms with Crippen LogP contribution in [0.2, 0.25) is 5.02 Å². The highest BCUT2D eigenvalue weighted by Crippen LogP contribution is 2.38. The van der Waals surface area contributed by atoms with Crippen LogP contribution in [0.4, 0.5) is 0 Å². The predicted molar refractivity (Wildman–Crippen MR) is 173 cm³/mol. The van der Waals surface area contributed by atoms with Crippen LogP contribution < -0.4 is 0 Å². The van der Waals surface area contributed by atoms with Crippen LogP contribution in [-0.2, 0) is 20.9 Å². The summed E-state index contributed by atoms with van der Waals surface area (Å²) in [5.41, 5.74) is 4.52. The summed E-state index contributed by atoms with van der Waals surface area (Å²) >= 11 is 6.23. The van der Waals surface area contributed by atoms with Gasteiger partial charge in [-0.3, -0.25) is 14.5 Å². The van der Waals surface area contributed by atoms with E-state index in [1.54, 1.807) is 30.9 Å². The Morgan fingerprint density at radius 2 is 1.68 bits per heavy atom. The number of halogens is 1. The third kappa shape index (κ3) is 7.47. The first-order chi connectivity index (χ1) is 21.3. The summed E-state index contributed by atoms with van der Waals surface area (Å²) in [5, 5.41) is 0.547. The second-order valence-electron chi connectivity index (χ2n) is 11.1. The quantitative estimate of drug-likeness (QED) is 0.271. The molecule has 2 aliphatic heterocycles. The van der Waals surface area contributed by atoms with E-state index in [0.29, 0.717) is 41.5 Å². The highest BCUT2D eigenvalue weighted by Gasteiger charge is 2.37. The van der Waals surface area contributed by atoms with Gasteiger partial charge in [-0.15, -0.1) is 0 Å². The molecule has 44 heavy (non-hydrogen) atoms. The summed E-state index contributed by atoms with van der Waals surface area (Å²) < 4.78 is 5.40. The number of amides is 2. The van der Waals surface area contributed by atoms with Crippen molar-refractivity contribution in [2.24, 2.45) is 0 Å². The van der Waals surface area contributed by atoms with Crippen molar-refractivity contribution >= 4 is 35.5 Å². The van der Waals surface area contributed by atoms with E-state index in [1.165, 1.54) is 5.56 Å². The molecule has 0 aromatic heterocycles. The van der Waals surface area contributed by atoms with Gasteiger partial charge >= 0.3 is 5.97 Å². The zero-order chi connectivity index (χ0) is 31.1. The Morgan fingerprint density at radius 1 is 0.955 bits per heavy atom. The molecule has 0 N–H and O–H groups in total. The molecule has 1 saturated heterocycles. The second kappa shape index (κ2) is 14.5. The molecule has 2 amide bonds. The van der Waals surface area contributed by atoms with Crippen molar-refractivity contribution in [1.82, 2.24) is 14.7 Å². The van der Waals surface area contributed by atoms with Crippen LogP contribution >= 0.6 is 11.6 Å². The fourth-order valence-electron chi connectivity index (χ4n) is 5.84. The number of nitrogens with zero attached hydrogens (tertiary/aromatic N) is 3. The highest BCUT2D eigenvalue weighted by atomic mass is 35.5. The summed E-state index contributed by atoms with van der Waals surface area (Å²) in [6, 6.07) is 24.9. The Bertz CT molecular complexity index is 1540. The first-order valence-electron chi connectivity index (χ1n) is 15.1. The summed E-state index contributed by atoms with van der Waals surface area (Å²) in [7, 11) is 0. The van der Waals surface area contributed by atoms with Crippen LogP contribution in [0, 0.1) is 0 Å². The van der Waals surface area contributed by atoms with Crippen molar-refractivity contribution in [3.05, 3.63) is 123 Å². The average Bonchev–Trinajstić information content (AvgIpc) is 3.03. The van der Waals surface area contributed by atoms with E-state index in [4.69, 9.17) is 16.3 Å². The van der Waals surface area contributed by atoms with Gasteiger partial charge in [0.15, 0.2) is 0 Å². The monoisotopic (exact) mass is 611 g/mol. The molecular formula is C36H38ClN3O4. The van der Waals surface area contributed by atoms with E-state index in [-0.39, 0.29) is 24.8 Å². The SMILES string of the molecule is CCOC(=O)C1=C(C)N(Cc2ccc(C(=O)N3CCN(CC=Cc4ccccc4)CC3)cc2)C(=O)CC1c1cccc(Cl)c1. The van der Waals surface area contributed by atoms with Gasteiger partial charge in [-0.1, -0.05) is 78.4 Å². The van der Waals surface area contributed by atoms with E-state index in [1.807, 2.05) is 59.5 Å². The van der Waals surface area contributed by atoms with Crippen molar-refractivity contribution in [1.29, 1.82) is 0 Å². The van der Waals surface area contributed by atoms with Gasteiger partial charge in [-0.05, 0) is 54.8 Å². The Morgan fingerprint density at radius 3 is 2.36 bits per heavy atom. The number of esters is 1. The second-order valence-corrected chi connectivity index (χ2v) is 11.6. The average molecular weight is 612 g/mol. The van der Waals surface area contributed by atoms with E-state index in [0.717, 1.165) is 30.8 Å². The summed E-state index contributed by atoms with van der Waals surface area (Å²) in [6.07, 6.45) is 4.43. The molecule has 2 heterocycles. The Labute approximate surface area is 264 Å². The number of piperazine rings is 1. The lowest BCUT2D eigenvalue weighted by Gasteiger charge is -2.35. The molecule has 3 aromatic carbocycles. The van der Waals surface area contributed by atoms with Gasteiger partial charge < -0.3 is 14.5 Å². The molecule has 8 heteroatoms. The van der Waals surface area contributed by atoms with Gasteiger partial charge in [-0.2, -0.15) is 0 Å². The number of benzene rings is 3. The fourth-order valence-corrected chi connectivity index (χ4v) is 6.04. The summed E-state index contributed by atoms with van der Waals surface area (Å²) in [4.78, 5) is 45.6. The molecule has 0 bridgehead atoms. The number of hydrogen-bond acceptors (Lipinski definition) is 5. The summed E-state index contributed by atoms with van der Waals surface area (Å²) in [6.45, 7) is 7.94. The normalized spacial score (nSPS) is 17.8. The van der Waals surface area contributed by atoms with Crippen molar-refractivity contribution in [2.75, 3.05) is 39.3 Å². The van der Waals surface area contributed by atoms with Crippen molar-refractivity contribution in [3.8, 4) is 0 Å². The zero-order valence-electron chi connectivity index (χ0n) is 25.2. The maximum Gasteiger partial charge on any atom is 0.336 e. The Balaban J connectivity index is 1.22. The van der Waals surface area contributed by atoms with E-state index < -0.39 is 11.9 Å². The first kappa shape index (κ1) is 31.2. The minimum Gasteiger partial charge on any atom is -0.463 e. The Hall–Kier alpha value is -4.20. The molecular weight excluding hydrogens is 574 g/mol. The molecule has 0 saturated carbocycles. The molecule has 0 radical (unpaired) electrons. The number of allylic oxidation sites excluding steroid dienone is 1. The maximum atomic E-state index is 13.4. The molecule has 1 atom stereocenters. The van der Waals surface area contributed by atoms with Crippen LogP contribution in [0.15, 0.2) is 96.2 Å². The van der Waals surface area contributed by atoms with Gasteiger partial charge in [0.25, 0.3) is 5.91 Å². The molecule has 7 nitrogen and oxygen atoms in total. The van der Waals surface area contributed by atoms with Crippen LogP contribution in [0.3, 0.4) is 0 Å². The maximum absolute atomic E-state index is 13.4. The van der Waals surface area contributed by atoms with Crippen molar-refractivity contribution in [3.63, 3.8) is 0 Å². The number of carbonyl (C=O) groups excluding carboxylic acids is 3. The Kier molecular flexibility index (Phi) is 10.3. The topological polar surface area (TPSA) is 70.2 Å². The third-order valence-electron chi connectivity index (χ3n) is 8.24. The van der Waals surface area contributed by atoms with E-state index in [2.05, 4.69) is 29.2 Å². The lowest BCUT2D eigenvalue weighted by atomic mass is 9.83. The van der Waals surface area contributed by atoms with Crippen molar-refractivity contribution in [2.45, 2.75) is 32.7 Å². The van der Waals surface area contributed by atoms with E-state index in [9.17, 15) is 14.4 Å². The molecule has 228 valence electrons. The first-order valence-corrected chi connectivity index (χ1v) is 15.5. The molecule has 2 aliphatic rings. The lowest BCUT2D eigenvalue weighted by Crippen LogP contribution is -2.48. The largest absolute Gasteiger partial charge is 0.463 e. The standard InChI is InChI=1S/C36H38ClN3O4/c1-3-44-36(43)34-26(2)40(33(41)24-32(34)30-12-7-13-31(37)23-30)25-28-14-16-29(17-15-28)35(42)39-21-19-38(20-22-39)18-8-11-27-9-5-4-6-10-27/h4-17,23,32H,3,18-22,24-25H2,1-2H3. The van der Waals surface area contributed by atoms with E-state index >= 15 is 0 Å². The minimum absolute atomic E-state index is 0.00936. The minimum atomic E-state index is -0.433. The molecule has 1 fully saturated rings. The lowest BCUT2D eigenvalue weighted by molar-refractivity contribution is -0.140. The fraction of sp³-hybridized carbons (Fsp3) is 0.306. The van der Waals surface area contributed by atoms with Gasteiger partial charge in [0.2, 0.25) is 5.91 Å². The predicted octanol–water partition coefficient (Wildman–Crippen LogP) is 6.16. The molecule has 0 spiro atoms. The van der Waals surface area contributed by atoms with Gasteiger partial charge in [0.05, 0.1) is 18.7 Å². The summed E-state index contributed by atoms with van der Waals surface area (Å²) in [5.74, 6) is -0.940. The van der Waals surface area contributed by atoms with Gasteiger partial charge in [0.1, 0.15) is 0 Å². The van der Waals surface area contributed by atoms with Crippen LogP contribution in [-0.4, -0.2) is 71.8 Å². The number of ether oxygens (including phenoxy) is 1. The van der Waals surface area contributed by atoms with Crippen LogP contribution in [0.25, 0.3) is 6.08 Å². The van der Waals surface area contributed by atoms with Gasteiger partial charge in [-0.25, -0.2) is 4.79 Å². The van der Waals surface area contributed by atoms with Gasteiger partial charge in [0, 0.05) is 61.3 Å². The smallest absolute Gasteiger partial charge is 0.336 e. The van der Waals surface area contributed by atoms with Crippen molar-refractivity contribution < 1.29 is 19.1 Å². The number of carbonyl (C=O) groups is 3. The molecule has 1 unspecified atom stereocenters. The molecule has 5 rings (SSSR count).